The Morgan fingerprint density at radius 2 is 1.83 bits per heavy atom. The Labute approximate surface area is 180 Å². The number of sulfonamides is 1. The molecule has 0 aromatic heterocycles. The van der Waals surface area contributed by atoms with E-state index >= 15 is 0 Å². The number of hydrogen-bond acceptors (Lipinski definition) is 5. The molecule has 2 fully saturated rings. The van der Waals surface area contributed by atoms with E-state index in [1.807, 2.05) is 6.92 Å². The number of unbranched alkanes of at least 4 members (excludes halogenated alkanes) is 1. The Bertz CT molecular complexity index is 814. The molecule has 0 aliphatic carbocycles. The van der Waals surface area contributed by atoms with Crippen LogP contribution < -0.4 is 5.32 Å². The summed E-state index contributed by atoms with van der Waals surface area (Å²) in [7, 11) is -3.64. The van der Waals surface area contributed by atoms with E-state index in [0.29, 0.717) is 38.3 Å². The van der Waals surface area contributed by atoms with Crippen molar-refractivity contribution in [2.24, 2.45) is 0 Å². The molecule has 2 saturated heterocycles. The summed E-state index contributed by atoms with van der Waals surface area (Å²) in [6, 6.07) is 5.20. The summed E-state index contributed by atoms with van der Waals surface area (Å²) in [6.45, 7) is 8.74. The zero-order valence-corrected chi connectivity index (χ0v) is 19.0. The predicted molar refractivity (Wildman–Crippen MR) is 117 cm³/mol. The smallest absolute Gasteiger partial charge is 0.251 e. The first kappa shape index (κ1) is 23.2. The maximum atomic E-state index is 13.2. The maximum absolute atomic E-state index is 13.2. The molecule has 2 heterocycles. The summed E-state index contributed by atoms with van der Waals surface area (Å²) in [4.78, 5) is 15.6. The summed E-state index contributed by atoms with van der Waals surface area (Å²) < 4.78 is 33.1. The van der Waals surface area contributed by atoms with E-state index in [1.54, 1.807) is 18.2 Å². The number of piperidine rings is 1. The molecule has 7 nitrogen and oxygen atoms in total. The fourth-order valence-electron chi connectivity index (χ4n) is 4.11. The Hall–Kier alpha value is -1.48. The van der Waals surface area contributed by atoms with Gasteiger partial charge in [-0.1, -0.05) is 26.3 Å². The van der Waals surface area contributed by atoms with Gasteiger partial charge in [0.2, 0.25) is 10.0 Å². The van der Waals surface area contributed by atoms with E-state index in [1.165, 1.54) is 17.1 Å². The van der Waals surface area contributed by atoms with E-state index in [0.717, 1.165) is 38.0 Å². The highest BCUT2D eigenvalue weighted by molar-refractivity contribution is 7.89. The second-order valence-electron chi connectivity index (χ2n) is 8.14. The van der Waals surface area contributed by atoms with Gasteiger partial charge in [0.25, 0.3) is 5.91 Å². The van der Waals surface area contributed by atoms with Gasteiger partial charge < -0.3 is 15.0 Å². The van der Waals surface area contributed by atoms with Crippen molar-refractivity contribution < 1.29 is 17.9 Å². The van der Waals surface area contributed by atoms with Crippen LogP contribution >= 0.6 is 0 Å². The Morgan fingerprint density at radius 1 is 1.13 bits per heavy atom. The number of benzene rings is 1. The molecule has 0 saturated carbocycles. The number of nitrogens with zero attached hydrogens (tertiary/aromatic N) is 2. The van der Waals surface area contributed by atoms with Crippen LogP contribution in [-0.2, 0) is 21.2 Å². The van der Waals surface area contributed by atoms with Crippen molar-refractivity contribution in [3.05, 3.63) is 29.3 Å². The van der Waals surface area contributed by atoms with Gasteiger partial charge in [-0.2, -0.15) is 4.31 Å². The number of rotatable bonds is 8. The number of likely N-dealkylation sites (tertiary alicyclic amines) is 1. The molecule has 168 valence electrons. The predicted octanol–water partition coefficient (Wildman–Crippen LogP) is 2.26. The first-order valence-corrected chi connectivity index (χ1v) is 12.6. The number of morpholine rings is 1. The number of carbonyl (C=O) groups excluding carboxylic acids is 1. The minimum Gasteiger partial charge on any atom is -0.379 e. The third-order valence-corrected chi connectivity index (χ3v) is 8.03. The number of amides is 1. The number of nitrogens with one attached hydrogen (secondary N) is 1. The molecular weight excluding hydrogens is 402 g/mol. The fraction of sp³-hybridized carbons (Fsp3) is 0.682. The average Bonchev–Trinajstić information content (AvgIpc) is 2.78. The number of aryl methyl sites for hydroxylation is 1. The van der Waals surface area contributed by atoms with Crippen LogP contribution in [0.2, 0.25) is 0 Å². The van der Waals surface area contributed by atoms with Crippen LogP contribution in [-0.4, -0.2) is 75.5 Å². The highest BCUT2D eigenvalue weighted by Crippen LogP contribution is 2.24. The maximum Gasteiger partial charge on any atom is 0.251 e. The van der Waals surface area contributed by atoms with Crippen molar-refractivity contribution in [2.75, 3.05) is 45.9 Å². The van der Waals surface area contributed by atoms with Crippen molar-refractivity contribution in [3.63, 3.8) is 0 Å². The largest absolute Gasteiger partial charge is 0.379 e. The van der Waals surface area contributed by atoms with E-state index in [-0.39, 0.29) is 16.8 Å². The lowest BCUT2D eigenvalue weighted by molar-refractivity contribution is 0.0730. The first-order chi connectivity index (χ1) is 14.5. The van der Waals surface area contributed by atoms with Crippen LogP contribution in [0.15, 0.2) is 23.1 Å². The van der Waals surface area contributed by atoms with Crippen LogP contribution in [0.1, 0.15) is 55.5 Å². The Balaban J connectivity index is 1.69. The van der Waals surface area contributed by atoms with Gasteiger partial charge >= 0.3 is 0 Å². The molecule has 0 unspecified atom stereocenters. The van der Waals surface area contributed by atoms with Gasteiger partial charge in [-0.3, -0.25) is 4.79 Å². The molecule has 1 amide bonds. The highest BCUT2D eigenvalue weighted by atomic mass is 32.2. The highest BCUT2D eigenvalue weighted by Gasteiger charge is 2.29. The number of carbonyl (C=O) groups is 1. The van der Waals surface area contributed by atoms with Gasteiger partial charge in [0.05, 0.1) is 18.1 Å². The molecule has 0 atom stereocenters. The van der Waals surface area contributed by atoms with E-state index in [9.17, 15) is 13.2 Å². The molecule has 3 rings (SSSR count). The molecule has 0 bridgehead atoms. The third-order valence-electron chi connectivity index (χ3n) is 6.05. The van der Waals surface area contributed by atoms with Crippen LogP contribution in [0, 0.1) is 0 Å². The SMILES string of the molecule is CCCCN1CCC(NC(=O)c2ccc(CC)c(S(=O)(=O)N3CCOCC3)c2)CC1. The summed E-state index contributed by atoms with van der Waals surface area (Å²) in [5.74, 6) is -0.192. The molecule has 1 N–H and O–H groups in total. The summed E-state index contributed by atoms with van der Waals surface area (Å²) in [5.41, 5.74) is 1.15. The molecule has 0 spiro atoms. The molecular formula is C22H35N3O4S. The van der Waals surface area contributed by atoms with Gasteiger partial charge in [-0.05, 0) is 49.9 Å². The molecule has 0 radical (unpaired) electrons. The summed E-state index contributed by atoms with van der Waals surface area (Å²) >= 11 is 0. The average molecular weight is 438 g/mol. The van der Waals surface area contributed by atoms with Crippen LogP contribution in [0.25, 0.3) is 0 Å². The number of ether oxygens (including phenoxy) is 1. The summed E-state index contributed by atoms with van der Waals surface area (Å²) in [6.07, 6.45) is 4.86. The monoisotopic (exact) mass is 437 g/mol. The van der Waals surface area contributed by atoms with Crippen LogP contribution in [0.3, 0.4) is 0 Å². The number of hydrogen-bond donors (Lipinski definition) is 1. The van der Waals surface area contributed by atoms with Gasteiger partial charge in [-0.15, -0.1) is 0 Å². The normalized spacial score (nSPS) is 19.7. The van der Waals surface area contributed by atoms with E-state index in [4.69, 9.17) is 4.74 Å². The van der Waals surface area contributed by atoms with Crippen molar-refractivity contribution in [1.29, 1.82) is 0 Å². The van der Waals surface area contributed by atoms with Gasteiger partial charge in [0, 0.05) is 37.8 Å². The minimum atomic E-state index is -3.64. The van der Waals surface area contributed by atoms with Gasteiger partial charge in [0.1, 0.15) is 0 Å². The van der Waals surface area contributed by atoms with Crippen LogP contribution in [0.4, 0.5) is 0 Å². The standard InChI is InChI=1S/C22H35N3O4S/c1-3-5-10-24-11-8-20(9-12-24)23-22(26)19-7-6-18(4-2)21(17-19)30(27,28)25-13-15-29-16-14-25/h6-7,17,20H,3-5,8-16H2,1-2H3,(H,23,26). The fourth-order valence-corrected chi connectivity index (χ4v) is 5.83. The lowest BCUT2D eigenvalue weighted by atomic mass is 10.0. The lowest BCUT2D eigenvalue weighted by Crippen LogP contribution is -2.45. The van der Waals surface area contributed by atoms with Crippen molar-refractivity contribution >= 4 is 15.9 Å². The molecule has 2 aliphatic heterocycles. The first-order valence-electron chi connectivity index (χ1n) is 11.2. The lowest BCUT2D eigenvalue weighted by Gasteiger charge is -2.32. The minimum absolute atomic E-state index is 0.139. The van der Waals surface area contributed by atoms with Gasteiger partial charge in [-0.25, -0.2) is 8.42 Å². The topological polar surface area (TPSA) is 79.0 Å². The van der Waals surface area contributed by atoms with E-state index < -0.39 is 10.0 Å². The Kier molecular flexibility index (Phi) is 8.27. The van der Waals surface area contributed by atoms with Crippen molar-refractivity contribution in [1.82, 2.24) is 14.5 Å². The van der Waals surface area contributed by atoms with Crippen molar-refractivity contribution in [2.45, 2.75) is 56.9 Å². The molecule has 1 aromatic rings. The Morgan fingerprint density at radius 3 is 2.47 bits per heavy atom. The quantitative estimate of drug-likeness (QED) is 0.675. The van der Waals surface area contributed by atoms with E-state index in [2.05, 4.69) is 17.1 Å². The zero-order chi connectivity index (χ0) is 21.6. The second-order valence-corrected chi connectivity index (χ2v) is 10.0. The van der Waals surface area contributed by atoms with Crippen molar-refractivity contribution in [3.8, 4) is 0 Å². The molecule has 8 heteroatoms. The zero-order valence-electron chi connectivity index (χ0n) is 18.2. The van der Waals surface area contributed by atoms with Gasteiger partial charge in [0.15, 0.2) is 0 Å². The second kappa shape index (κ2) is 10.7. The third kappa shape index (κ3) is 5.60. The molecule has 2 aliphatic rings. The van der Waals surface area contributed by atoms with Crippen LogP contribution in [0.5, 0.6) is 0 Å². The summed E-state index contributed by atoms with van der Waals surface area (Å²) in [5, 5.41) is 3.11. The molecule has 1 aromatic carbocycles. The molecule has 30 heavy (non-hydrogen) atoms.